The van der Waals surface area contributed by atoms with Crippen LogP contribution < -0.4 is 4.74 Å². The number of esters is 2. The lowest BCUT2D eigenvalue weighted by molar-refractivity contribution is -0.148. The lowest BCUT2D eigenvalue weighted by atomic mass is 10.1. The molecule has 0 unspecified atom stereocenters. The van der Waals surface area contributed by atoms with Crippen LogP contribution in [0.4, 0.5) is 9.59 Å². The van der Waals surface area contributed by atoms with Crippen LogP contribution in [0, 0.1) is 0 Å². The van der Waals surface area contributed by atoms with Crippen molar-refractivity contribution in [1.82, 2.24) is 9.80 Å². The predicted octanol–water partition coefficient (Wildman–Crippen LogP) is 5.73. The molecule has 2 aliphatic heterocycles. The molecule has 2 heterocycles. The zero-order valence-corrected chi connectivity index (χ0v) is 28.8. The Kier molecular flexibility index (Phi) is 11.7. The van der Waals surface area contributed by atoms with Crippen LogP contribution in [0.5, 0.6) is 11.5 Å². The number of hydrogen-bond acceptors (Lipinski definition) is 11. The van der Waals surface area contributed by atoms with E-state index in [2.05, 4.69) is 0 Å². The molecule has 13 heteroatoms. The summed E-state index contributed by atoms with van der Waals surface area (Å²) in [5.41, 5.74) is -0.797. The van der Waals surface area contributed by atoms with Gasteiger partial charge in [0.2, 0.25) is 0 Å². The van der Waals surface area contributed by atoms with Gasteiger partial charge < -0.3 is 23.7 Å². The fourth-order valence-electron chi connectivity index (χ4n) is 5.29. The largest absolute Gasteiger partial charge is 0.457 e. The Bertz CT molecular complexity index is 1420. The topological polar surface area (TPSA) is 155 Å². The third-order valence-corrected chi connectivity index (χ3v) is 7.59. The van der Waals surface area contributed by atoms with Gasteiger partial charge in [-0.2, -0.15) is 0 Å². The summed E-state index contributed by atoms with van der Waals surface area (Å²) in [7, 11) is 0. The molecule has 2 atom stereocenters. The summed E-state index contributed by atoms with van der Waals surface area (Å²) in [6.45, 7) is 10.2. The minimum absolute atomic E-state index is 0.304. The van der Waals surface area contributed by atoms with Crippen LogP contribution >= 0.6 is 0 Å². The molecule has 0 aromatic heterocycles. The molecule has 0 radical (unpaired) electrons. The highest BCUT2D eigenvalue weighted by Crippen LogP contribution is 2.25. The normalized spacial score (nSPS) is 17.7. The molecule has 4 rings (SSSR count). The molecule has 0 aliphatic carbocycles. The molecule has 2 saturated heterocycles. The highest BCUT2D eigenvalue weighted by molar-refractivity contribution is 5.99. The number of benzene rings is 2. The second-order valence-corrected chi connectivity index (χ2v) is 13.9. The number of ether oxygens (including phenoxy) is 5. The van der Waals surface area contributed by atoms with E-state index >= 15 is 0 Å². The van der Waals surface area contributed by atoms with Gasteiger partial charge in [-0.15, -0.1) is 0 Å². The van der Waals surface area contributed by atoms with Crippen LogP contribution in [0.1, 0.15) is 87.9 Å². The van der Waals surface area contributed by atoms with Gasteiger partial charge in [0, 0.05) is 24.2 Å². The van der Waals surface area contributed by atoms with E-state index in [4.69, 9.17) is 23.7 Å². The number of rotatable bonds is 10. The molecule has 13 nitrogen and oxygen atoms in total. The van der Waals surface area contributed by atoms with Gasteiger partial charge in [-0.3, -0.25) is 19.4 Å². The maximum Gasteiger partial charge on any atom is 0.411 e. The number of hydrogen-bond donors (Lipinski definition) is 0. The first-order valence-electron chi connectivity index (χ1n) is 16.3. The first-order valence-corrected chi connectivity index (χ1v) is 16.3. The van der Waals surface area contributed by atoms with Crippen LogP contribution in [-0.4, -0.2) is 95.1 Å². The minimum atomic E-state index is -0.802. The SMILES string of the molecule is CC(C)(C)OC(=O)N1CCC[C@H]1C(=O)OCC(=O)c1ccc(Oc2ccc(C(=O)COC(=O)[C@@H]3CCCN3C(=O)OC(C)(C)C)cc2)cc1. The van der Waals surface area contributed by atoms with Crippen LogP contribution in [-0.2, 0) is 28.5 Å². The fraction of sp³-hybridized carbons (Fsp3) is 0.500. The van der Waals surface area contributed by atoms with E-state index in [1.54, 1.807) is 65.8 Å². The van der Waals surface area contributed by atoms with Crippen molar-refractivity contribution < 1.29 is 52.5 Å². The molecule has 0 saturated carbocycles. The molecule has 0 N–H and O–H groups in total. The molecular formula is C36H44N2O11. The van der Waals surface area contributed by atoms with Gasteiger partial charge >= 0.3 is 24.1 Å². The van der Waals surface area contributed by atoms with Crippen LogP contribution in [0.25, 0.3) is 0 Å². The van der Waals surface area contributed by atoms with E-state index in [-0.39, 0.29) is 0 Å². The molecule has 2 amide bonds. The van der Waals surface area contributed by atoms with E-state index < -0.39 is 72.2 Å². The molecule has 49 heavy (non-hydrogen) atoms. The van der Waals surface area contributed by atoms with Crippen LogP contribution in [0.2, 0.25) is 0 Å². The highest BCUT2D eigenvalue weighted by atomic mass is 16.6. The van der Waals surface area contributed by atoms with Gasteiger partial charge in [0.1, 0.15) is 34.8 Å². The average Bonchev–Trinajstić information content (AvgIpc) is 3.72. The van der Waals surface area contributed by atoms with Gasteiger partial charge in [0.05, 0.1) is 0 Å². The molecule has 2 aliphatic rings. The Morgan fingerprint density at radius 1 is 0.592 bits per heavy atom. The van der Waals surface area contributed by atoms with Gasteiger partial charge in [0.15, 0.2) is 24.8 Å². The van der Waals surface area contributed by atoms with Crippen molar-refractivity contribution in [2.75, 3.05) is 26.3 Å². The third-order valence-electron chi connectivity index (χ3n) is 7.59. The minimum Gasteiger partial charge on any atom is -0.457 e. The van der Waals surface area contributed by atoms with Crippen molar-refractivity contribution in [1.29, 1.82) is 0 Å². The summed E-state index contributed by atoms with van der Waals surface area (Å²) in [5.74, 6) is -1.31. The summed E-state index contributed by atoms with van der Waals surface area (Å²) < 4.78 is 27.1. The smallest absolute Gasteiger partial charge is 0.411 e. The quantitative estimate of drug-likeness (QED) is 0.172. The van der Waals surface area contributed by atoms with E-state index in [9.17, 15) is 28.8 Å². The van der Waals surface area contributed by atoms with Gasteiger partial charge in [-0.25, -0.2) is 19.2 Å². The van der Waals surface area contributed by atoms with Gasteiger partial charge in [-0.05, 0) is 116 Å². The second kappa shape index (κ2) is 15.5. The van der Waals surface area contributed by atoms with Crippen molar-refractivity contribution in [3.63, 3.8) is 0 Å². The van der Waals surface area contributed by atoms with Gasteiger partial charge in [0.25, 0.3) is 0 Å². The molecule has 0 bridgehead atoms. The molecule has 2 aromatic rings. The van der Waals surface area contributed by atoms with E-state index in [0.29, 0.717) is 61.4 Å². The predicted molar refractivity (Wildman–Crippen MR) is 175 cm³/mol. The Balaban J connectivity index is 1.23. The summed E-state index contributed by atoms with van der Waals surface area (Å²) >= 11 is 0. The summed E-state index contributed by atoms with van der Waals surface area (Å²) in [4.78, 5) is 78.3. The standard InChI is InChI=1S/C36H44N2O11/c1-35(2,3)48-33(43)37-19-7-9-27(37)31(41)45-21-29(39)23-11-15-25(16-12-23)47-26-17-13-24(14-18-26)30(40)22-46-32(42)28-10-8-20-38(28)34(44)49-36(4,5)6/h11-18,27-28H,7-10,19-22H2,1-6H3/t27-,28-/m0/s1. The fourth-order valence-corrected chi connectivity index (χ4v) is 5.29. The number of ketones is 2. The molecule has 2 fully saturated rings. The number of carbonyl (C=O) groups is 6. The monoisotopic (exact) mass is 680 g/mol. The molecule has 264 valence electrons. The lowest BCUT2D eigenvalue weighted by Crippen LogP contribution is -2.44. The maximum absolute atomic E-state index is 12.7. The Morgan fingerprint density at radius 2 is 0.939 bits per heavy atom. The zero-order chi connectivity index (χ0) is 35.9. The number of nitrogens with zero attached hydrogens (tertiary/aromatic N) is 2. The van der Waals surface area contributed by atoms with Crippen LogP contribution in [0.3, 0.4) is 0 Å². The van der Waals surface area contributed by atoms with Crippen molar-refractivity contribution in [2.24, 2.45) is 0 Å². The number of carbonyl (C=O) groups excluding carboxylic acids is 6. The van der Waals surface area contributed by atoms with E-state index in [1.807, 2.05) is 0 Å². The number of likely N-dealkylation sites (tertiary alicyclic amines) is 2. The third kappa shape index (κ3) is 10.5. The Morgan fingerprint density at radius 3 is 1.27 bits per heavy atom. The average molecular weight is 681 g/mol. The van der Waals surface area contributed by atoms with Crippen LogP contribution in [0.15, 0.2) is 48.5 Å². The van der Waals surface area contributed by atoms with Crippen molar-refractivity contribution in [3.05, 3.63) is 59.7 Å². The van der Waals surface area contributed by atoms with Crippen molar-refractivity contribution >= 4 is 35.7 Å². The molecular weight excluding hydrogens is 636 g/mol. The second-order valence-electron chi connectivity index (χ2n) is 13.9. The number of Topliss-reactive ketones (excluding diaryl/α,β-unsaturated/α-hetero) is 2. The summed E-state index contributed by atoms with van der Waals surface area (Å²) in [6.07, 6.45) is 0.922. The highest BCUT2D eigenvalue weighted by Gasteiger charge is 2.39. The number of amides is 2. The maximum atomic E-state index is 12.7. The Hall–Kier alpha value is -4.94. The molecule has 2 aromatic carbocycles. The van der Waals surface area contributed by atoms with Crippen molar-refractivity contribution in [2.45, 2.75) is 90.5 Å². The zero-order valence-electron chi connectivity index (χ0n) is 28.8. The summed E-state index contributed by atoms with van der Waals surface area (Å²) in [5, 5.41) is 0. The van der Waals surface area contributed by atoms with E-state index in [1.165, 1.54) is 34.1 Å². The van der Waals surface area contributed by atoms with Crippen molar-refractivity contribution in [3.8, 4) is 11.5 Å². The Labute approximate surface area is 285 Å². The first kappa shape index (κ1) is 36.9. The molecule has 0 spiro atoms. The first-order chi connectivity index (χ1) is 23.0. The summed E-state index contributed by atoms with van der Waals surface area (Å²) in [6, 6.07) is 10.9. The lowest BCUT2D eigenvalue weighted by Gasteiger charge is -2.27. The van der Waals surface area contributed by atoms with Gasteiger partial charge in [-0.1, -0.05) is 0 Å². The van der Waals surface area contributed by atoms with E-state index in [0.717, 1.165) is 0 Å².